The third-order valence-corrected chi connectivity index (χ3v) is 1.68. The lowest BCUT2D eigenvalue weighted by molar-refractivity contribution is 0.116. The van der Waals surface area contributed by atoms with Crippen LogP contribution in [0.4, 0.5) is 4.79 Å². The van der Waals surface area contributed by atoms with Crippen LogP contribution in [0.5, 0.6) is 0 Å². The van der Waals surface area contributed by atoms with E-state index in [1.807, 2.05) is 13.0 Å². The van der Waals surface area contributed by atoms with Crippen molar-refractivity contribution in [2.24, 2.45) is 0 Å². The van der Waals surface area contributed by atoms with E-state index in [0.717, 1.165) is 12.8 Å². The highest BCUT2D eigenvalue weighted by Crippen LogP contribution is 2.05. The molecule has 1 unspecified atom stereocenters. The Balaban J connectivity index is 2.28. The molecule has 1 atom stereocenters. The normalized spacial score (nSPS) is 24.8. The lowest BCUT2D eigenvalue weighted by atomic mass is 10.1. The van der Waals surface area contributed by atoms with Crippen LogP contribution < -0.4 is 5.32 Å². The molecule has 3 heteroatoms. The van der Waals surface area contributed by atoms with Gasteiger partial charge in [0, 0.05) is 12.5 Å². The Bertz CT molecular complexity index is 165. The molecule has 0 bridgehead atoms. The summed E-state index contributed by atoms with van der Waals surface area (Å²) in [6.07, 6.45) is 5.57. The van der Waals surface area contributed by atoms with Gasteiger partial charge in [0.1, 0.15) is 0 Å². The second-order valence-corrected chi connectivity index (χ2v) is 2.57. The summed E-state index contributed by atoms with van der Waals surface area (Å²) < 4.78 is 4.71. The molecular formula is C8H13NO2. The maximum atomic E-state index is 10.7. The molecular weight excluding hydrogens is 142 g/mol. The minimum Gasteiger partial charge on any atom is -0.449 e. The summed E-state index contributed by atoms with van der Waals surface area (Å²) in [5.41, 5.74) is 0. The predicted octanol–water partition coefficient (Wildman–Crippen LogP) is 1.45. The summed E-state index contributed by atoms with van der Waals surface area (Å²) in [4.78, 5) is 10.7. The second-order valence-electron chi connectivity index (χ2n) is 2.57. The molecule has 0 aromatic carbocycles. The van der Waals surface area contributed by atoms with E-state index in [9.17, 15) is 4.79 Å². The number of carbonyl (C=O) groups excluding carboxylic acids is 1. The first-order valence-electron chi connectivity index (χ1n) is 3.87. The molecule has 0 saturated carbocycles. The average molecular weight is 155 g/mol. The average Bonchev–Trinajstić information content (AvgIpc) is 2.01. The molecule has 11 heavy (non-hydrogen) atoms. The fraction of sp³-hybridized carbons (Fsp3) is 0.625. The fourth-order valence-electron chi connectivity index (χ4n) is 1.05. The first-order chi connectivity index (χ1) is 5.33. The number of nitrogens with one attached hydrogen (secondary N) is 1. The van der Waals surface area contributed by atoms with Gasteiger partial charge in [-0.1, -0.05) is 12.2 Å². The minimum atomic E-state index is -0.286. The molecule has 3 nitrogen and oxygen atoms in total. The first-order valence-corrected chi connectivity index (χ1v) is 3.87. The Kier molecular flexibility index (Phi) is 2.95. The molecule has 0 aromatic rings. The zero-order valence-corrected chi connectivity index (χ0v) is 6.67. The smallest absolute Gasteiger partial charge is 0.407 e. The van der Waals surface area contributed by atoms with Gasteiger partial charge in [0.2, 0.25) is 0 Å². The van der Waals surface area contributed by atoms with Crippen molar-refractivity contribution in [1.29, 1.82) is 0 Å². The highest BCUT2D eigenvalue weighted by atomic mass is 16.5. The number of alkyl carbamates (subject to hydrolysis) is 1. The molecule has 0 radical (unpaired) electrons. The molecule has 1 heterocycles. The van der Waals surface area contributed by atoms with E-state index < -0.39 is 0 Å². The van der Waals surface area contributed by atoms with Crippen LogP contribution in [0.3, 0.4) is 0 Å². The minimum absolute atomic E-state index is 0.271. The van der Waals surface area contributed by atoms with Crippen molar-refractivity contribution < 1.29 is 9.53 Å². The van der Waals surface area contributed by atoms with Gasteiger partial charge in [0.15, 0.2) is 0 Å². The lowest BCUT2D eigenvalue weighted by Crippen LogP contribution is -2.40. The van der Waals surface area contributed by atoms with Gasteiger partial charge in [-0.25, -0.2) is 4.79 Å². The van der Waals surface area contributed by atoms with Crippen molar-refractivity contribution >= 4 is 6.09 Å². The van der Waals surface area contributed by atoms with Gasteiger partial charge in [-0.15, -0.1) is 0 Å². The van der Waals surface area contributed by atoms with Crippen molar-refractivity contribution in [2.45, 2.75) is 25.8 Å². The summed E-state index contributed by atoms with van der Waals surface area (Å²) in [5, 5.41) is 2.74. The summed E-state index contributed by atoms with van der Waals surface area (Å²) in [5.74, 6) is 0. The van der Waals surface area contributed by atoms with E-state index >= 15 is 0 Å². The first kappa shape index (κ1) is 8.11. The van der Waals surface area contributed by atoms with Crippen LogP contribution in [0, 0.1) is 0 Å². The Morgan fingerprint density at radius 1 is 1.82 bits per heavy atom. The topological polar surface area (TPSA) is 38.3 Å². The van der Waals surface area contributed by atoms with Crippen LogP contribution in [-0.2, 0) is 4.74 Å². The Morgan fingerprint density at radius 3 is 3.27 bits per heavy atom. The summed E-state index contributed by atoms with van der Waals surface area (Å²) in [7, 11) is 0. The second kappa shape index (κ2) is 4.01. The number of rotatable bonds is 2. The van der Waals surface area contributed by atoms with E-state index in [1.54, 1.807) is 0 Å². The molecule has 1 aliphatic rings. The zero-order valence-electron chi connectivity index (χ0n) is 6.67. The summed E-state index contributed by atoms with van der Waals surface area (Å²) >= 11 is 0. The Hall–Kier alpha value is -0.990. The molecule has 0 spiro atoms. The van der Waals surface area contributed by atoms with Crippen molar-refractivity contribution in [1.82, 2.24) is 5.32 Å². The summed E-state index contributed by atoms with van der Waals surface area (Å²) in [6.45, 7) is 2.52. The highest BCUT2D eigenvalue weighted by molar-refractivity contribution is 5.68. The van der Waals surface area contributed by atoms with E-state index in [4.69, 9.17) is 4.74 Å². The fourth-order valence-corrected chi connectivity index (χ4v) is 1.05. The van der Waals surface area contributed by atoms with Crippen molar-refractivity contribution in [2.75, 3.05) is 6.61 Å². The van der Waals surface area contributed by atoms with Gasteiger partial charge in [-0.2, -0.15) is 0 Å². The molecule has 1 rings (SSSR count). The van der Waals surface area contributed by atoms with E-state index in [0.29, 0.717) is 6.61 Å². The SMILES string of the molecule is C/C=C/CC1CCOC(=O)N1. The number of ether oxygens (including phenoxy) is 1. The van der Waals surface area contributed by atoms with Gasteiger partial charge in [0.05, 0.1) is 6.61 Å². The third-order valence-electron chi connectivity index (χ3n) is 1.68. The van der Waals surface area contributed by atoms with Crippen molar-refractivity contribution in [3.8, 4) is 0 Å². The molecule has 1 saturated heterocycles. The summed E-state index contributed by atoms with van der Waals surface area (Å²) in [6, 6.07) is 0.271. The Labute approximate surface area is 66.4 Å². The number of hydrogen-bond donors (Lipinski definition) is 1. The number of hydrogen-bond acceptors (Lipinski definition) is 2. The van der Waals surface area contributed by atoms with Gasteiger partial charge in [-0.05, 0) is 13.3 Å². The van der Waals surface area contributed by atoms with Gasteiger partial charge >= 0.3 is 6.09 Å². The molecule has 1 fully saturated rings. The lowest BCUT2D eigenvalue weighted by Gasteiger charge is -2.21. The van der Waals surface area contributed by atoms with Gasteiger partial charge in [0.25, 0.3) is 0 Å². The number of amides is 1. The van der Waals surface area contributed by atoms with Crippen LogP contribution >= 0.6 is 0 Å². The van der Waals surface area contributed by atoms with E-state index in [2.05, 4.69) is 11.4 Å². The van der Waals surface area contributed by atoms with E-state index in [1.165, 1.54) is 0 Å². The van der Waals surface area contributed by atoms with E-state index in [-0.39, 0.29) is 12.1 Å². The quantitative estimate of drug-likeness (QED) is 0.613. The molecule has 1 N–H and O–H groups in total. The molecule has 0 aliphatic carbocycles. The van der Waals surface area contributed by atoms with Crippen molar-refractivity contribution in [3.05, 3.63) is 12.2 Å². The standard InChI is InChI=1S/C8H13NO2/c1-2-3-4-7-5-6-11-8(10)9-7/h2-3,7H,4-6H2,1H3,(H,9,10)/b3-2+. The predicted molar refractivity (Wildman–Crippen MR) is 42.3 cm³/mol. The number of carbonyl (C=O) groups is 1. The largest absolute Gasteiger partial charge is 0.449 e. The van der Waals surface area contributed by atoms with Crippen LogP contribution in [0.1, 0.15) is 19.8 Å². The van der Waals surface area contributed by atoms with Gasteiger partial charge in [-0.3, -0.25) is 0 Å². The molecule has 62 valence electrons. The van der Waals surface area contributed by atoms with Crippen LogP contribution in [0.15, 0.2) is 12.2 Å². The third kappa shape index (κ3) is 2.62. The van der Waals surface area contributed by atoms with Crippen molar-refractivity contribution in [3.63, 3.8) is 0 Å². The Morgan fingerprint density at radius 2 is 2.64 bits per heavy atom. The molecule has 1 aliphatic heterocycles. The maximum absolute atomic E-state index is 10.7. The molecule has 1 amide bonds. The maximum Gasteiger partial charge on any atom is 0.407 e. The van der Waals surface area contributed by atoms with Crippen LogP contribution in [0.25, 0.3) is 0 Å². The molecule has 0 aromatic heterocycles. The van der Waals surface area contributed by atoms with Gasteiger partial charge < -0.3 is 10.1 Å². The monoisotopic (exact) mass is 155 g/mol. The van der Waals surface area contributed by atoms with Crippen LogP contribution in [-0.4, -0.2) is 18.7 Å². The van der Waals surface area contributed by atoms with Crippen LogP contribution in [0.2, 0.25) is 0 Å². The number of allylic oxidation sites excluding steroid dienone is 1. The highest BCUT2D eigenvalue weighted by Gasteiger charge is 2.16. The number of cyclic esters (lactones) is 1. The zero-order chi connectivity index (χ0) is 8.10.